The molecule has 51 heavy (non-hydrogen) atoms. The summed E-state index contributed by atoms with van der Waals surface area (Å²) in [4.78, 5) is 15.4. The first-order valence-corrected chi connectivity index (χ1v) is 16.9. The van der Waals surface area contributed by atoms with Gasteiger partial charge in [0.05, 0.1) is 21.8 Å². The predicted molar refractivity (Wildman–Crippen MR) is 205 cm³/mol. The van der Waals surface area contributed by atoms with Crippen LogP contribution in [0.3, 0.4) is 0 Å². The fourth-order valence-electron chi connectivity index (χ4n) is 7.51. The van der Waals surface area contributed by atoms with E-state index in [-0.39, 0.29) is 0 Å². The van der Waals surface area contributed by atoms with Crippen LogP contribution in [0.2, 0.25) is 0 Å². The Balaban J connectivity index is 1.23. The van der Waals surface area contributed by atoms with Crippen molar-refractivity contribution in [3.8, 4) is 39.9 Å². The average molecular weight is 655 g/mol. The predicted octanol–water partition coefficient (Wildman–Crippen LogP) is 11.8. The Bertz CT molecular complexity index is 2990. The number of aromatic nitrogens is 4. The summed E-state index contributed by atoms with van der Waals surface area (Å²) in [5.41, 5.74) is 9.21. The van der Waals surface area contributed by atoms with Crippen molar-refractivity contribution < 1.29 is 8.83 Å². The topological polar surface area (TPSA) is 69.9 Å². The van der Waals surface area contributed by atoms with Crippen LogP contribution in [-0.4, -0.2) is 19.5 Å². The lowest BCUT2D eigenvalue weighted by Crippen LogP contribution is -2.06. The van der Waals surface area contributed by atoms with Crippen molar-refractivity contribution in [1.82, 2.24) is 19.5 Å². The molecule has 0 aliphatic heterocycles. The molecule has 6 heteroatoms. The molecule has 0 fully saturated rings. The molecule has 11 aromatic rings. The normalized spacial score (nSPS) is 11.9. The van der Waals surface area contributed by atoms with Crippen molar-refractivity contribution >= 4 is 65.7 Å². The molecular formula is C45H26N4O2. The van der Waals surface area contributed by atoms with Gasteiger partial charge in [-0.3, -0.25) is 4.57 Å². The van der Waals surface area contributed by atoms with E-state index in [1.807, 2.05) is 72.8 Å². The molecule has 6 nitrogen and oxygen atoms in total. The summed E-state index contributed by atoms with van der Waals surface area (Å²) in [5.74, 6) is 1.69. The molecule has 4 aromatic heterocycles. The minimum atomic E-state index is 0.511. The third kappa shape index (κ3) is 4.20. The molecule has 0 amide bonds. The summed E-state index contributed by atoms with van der Waals surface area (Å²) in [6.07, 6.45) is 0. The zero-order valence-corrected chi connectivity index (χ0v) is 27.1. The number of hydrogen-bond acceptors (Lipinski definition) is 5. The van der Waals surface area contributed by atoms with Crippen molar-refractivity contribution in [1.29, 1.82) is 0 Å². The number of benzene rings is 7. The number of furan rings is 2. The SMILES string of the molecule is c1ccc(-c2ccc(-c3nc(-c4ccccc4)nc(-n4c5ccc6c7ccccc7oc6c5c5c6oc7ccccc7c6ccc54)n3)cc2)cc1. The summed E-state index contributed by atoms with van der Waals surface area (Å²) >= 11 is 0. The lowest BCUT2D eigenvalue weighted by molar-refractivity contribution is 0.670. The standard InChI is InChI=1S/C45H26N4O2/c1-3-11-27(12-4-1)28-19-21-30(22-20-28)44-46-43(29-13-5-2-6-14-29)47-45(48-44)49-35-25-23-33-31-15-7-9-17-37(31)50-41(33)39(35)40-36(49)26-24-34-32-16-8-10-18-38(32)51-42(34)40/h1-26H. The first kappa shape index (κ1) is 27.9. The number of para-hydroxylation sites is 2. The average Bonchev–Trinajstić information content (AvgIpc) is 3.88. The Labute approximate surface area is 290 Å². The largest absolute Gasteiger partial charge is 0.455 e. The van der Waals surface area contributed by atoms with E-state index in [2.05, 4.69) is 89.5 Å². The molecule has 0 radical (unpaired) electrons. The van der Waals surface area contributed by atoms with Gasteiger partial charge >= 0.3 is 0 Å². The molecule has 7 aromatic carbocycles. The summed E-state index contributed by atoms with van der Waals surface area (Å²) in [6.45, 7) is 0. The molecule has 0 atom stereocenters. The molecule has 0 saturated heterocycles. The maximum absolute atomic E-state index is 6.67. The second-order valence-electron chi connectivity index (χ2n) is 12.8. The van der Waals surface area contributed by atoms with Gasteiger partial charge in [-0.05, 0) is 47.5 Å². The molecule has 0 aliphatic carbocycles. The lowest BCUT2D eigenvalue weighted by atomic mass is 10.0. The summed E-state index contributed by atoms with van der Waals surface area (Å²) in [5, 5.41) is 6.15. The third-order valence-electron chi connectivity index (χ3n) is 9.89. The van der Waals surface area contributed by atoms with Crippen LogP contribution in [0.25, 0.3) is 106 Å². The molecule has 0 spiro atoms. The van der Waals surface area contributed by atoms with E-state index in [9.17, 15) is 0 Å². The minimum Gasteiger partial charge on any atom is -0.455 e. The fraction of sp³-hybridized carbons (Fsp3) is 0. The highest BCUT2D eigenvalue weighted by atomic mass is 16.3. The van der Waals surface area contributed by atoms with Gasteiger partial charge in [-0.25, -0.2) is 4.98 Å². The minimum absolute atomic E-state index is 0.511. The van der Waals surface area contributed by atoms with Gasteiger partial charge < -0.3 is 8.83 Å². The van der Waals surface area contributed by atoms with Crippen LogP contribution in [0.15, 0.2) is 167 Å². The van der Waals surface area contributed by atoms with Crippen LogP contribution < -0.4 is 0 Å². The first-order chi connectivity index (χ1) is 25.3. The number of hydrogen-bond donors (Lipinski definition) is 0. The summed E-state index contributed by atoms with van der Waals surface area (Å²) in [6, 6.07) is 53.8. The van der Waals surface area contributed by atoms with E-state index in [0.717, 1.165) is 87.9 Å². The first-order valence-electron chi connectivity index (χ1n) is 16.9. The van der Waals surface area contributed by atoms with Gasteiger partial charge in [0.15, 0.2) is 11.6 Å². The molecule has 11 rings (SSSR count). The highest BCUT2D eigenvalue weighted by molar-refractivity contribution is 6.30. The van der Waals surface area contributed by atoms with Gasteiger partial charge in [0.2, 0.25) is 5.95 Å². The zero-order valence-electron chi connectivity index (χ0n) is 27.1. The van der Waals surface area contributed by atoms with Crippen LogP contribution in [0, 0.1) is 0 Å². The number of nitrogens with zero attached hydrogens (tertiary/aromatic N) is 4. The van der Waals surface area contributed by atoms with Gasteiger partial charge in [-0.1, -0.05) is 121 Å². The third-order valence-corrected chi connectivity index (χ3v) is 9.89. The molecule has 0 saturated carbocycles. The van der Waals surface area contributed by atoms with Crippen LogP contribution in [0.1, 0.15) is 0 Å². The van der Waals surface area contributed by atoms with Gasteiger partial charge in [-0.15, -0.1) is 0 Å². The Morgan fingerprint density at radius 2 is 0.784 bits per heavy atom. The van der Waals surface area contributed by atoms with Crippen LogP contribution in [-0.2, 0) is 0 Å². The Kier molecular flexibility index (Phi) is 5.86. The van der Waals surface area contributed by atoms with Crippen molar-refractivity contribution in [3.05, 3.63) is 158 Å². The van der Waals surface area contributed by atoms with E-state index in [1.165, 1.54) is 0 Å². The van der Waals surface area contributed by atoms with E-state index >= 15 is 0 Å². The highest BCUT2D eigenvalue weighted by Crippen LogP contribution is 2.44. The van der Waals surface area contributed by atoms with Crippen molar-refractivity contribution in [3.63, 3.8) is 0 Å². The molecule has 0 N–H and O–H groups in total. The van der Waals surface area contributed by atoms with E-state index in [4.69, 9.17) is 23.8 Å². The molecule has 238 valence electrons. The summed E-state index contributed by atoms with van der Waals surface area (Å²) < 4.78 is 15.5. The Hall–Kier alpha value is -7.05. The molecule has 0 unspecified atom stereocenters. The summed E-state index contributed by atoms with van der Waals surface area (Å²) in [7, 11) is 0. The van der Waals surface area contributed by atoms with Gasteiger partial charge in [0, 0.05) is 32.7 Å². The second kappa shape index (κ2) is 10.7. The van der Waals surface area contributed by atoms with E-state index in [0.29, 0.717) is 17.6 Å². The maximum atomic E-state index is 6.67. The number of rotatable bonds is 4. The van der Waals surface area contributed by atoms with E-state index in [1.54, 1.807) is 0 Å². The van der Waals surface area contributed by atoms with Crippen LogP contribution in [0.5, 0.6) is 0 Å². The van der Waals surface area contributed by atoms with E-state index < -0.39 is 0 Å². The van der Waals surface area contributed by atoms with Crippen molar-refractivity contribution in [2.75, 3.05) is 0 Å². The van der Waals surface area contributed by atoms with Crippen LogP contribution >= 0.6 is 0 Å². The van der Waals surface area contributed by atoms with Gasteiger partial charge in [-0.2, -0.15) is 9.97 Å². The smallest absolute Gasteiger partial charge is 0.238 e. The van der Waals surface area contributed by atoms with Gasteiger partial charge in [0.25, 0.3) is 0 Å². The lowest BCUT2D eigenvalue weighted by Gasteiger charge is -2.11. The number of fused-ring (bicyclic) bond motifs is 11. The monoisotopic (exact) mass is 654 g/mol. The quantitative estimate of drug-likeness (QED) is 0.189. The molecule has 0 bridgehead atoms. The Morgan fingerprint density at radius 3 is 1.33 bits per heavy atom. The van der Waals surface area contributed by atoms with Gasteiger partial charge in [0.1, 0.15) is 22.3 Å². The highest BCUT2D eigenvalue weighted by Gasteiger charge is 2.25. The molecule has 4 heterocycles. The van der Waals surface area contributed by atoms with Crippen molar-refractivity contribution in [2.45, 2.75) is 0 Å². The fourth-order valence-corrected chi connectivity index (χ4v) is 7.51. The zero-order chi connectivity index (χ0) is 33.5. The molecule has 0 aliphatic rings. The Morgan fingerprint density at radius 1 is 0.353 bits per heavy atom. The second-order valence-corrected chi connectivity index (χ2v) is 12.8. The maximum Gasteiger partial charge on any atom is 0.238 e. The van der Waals surface area contributed by atoms with Crippen molar-refractivity contribution in [2.24, 2.45) is 0 Å². The molecular weight excluding hydrogens is 629 g/mol. The van der Waals surface area contributed by atoms with Crippen LogP contribution in [0.4, 0.5) is 0 Å².